The van der Waals surface area contributed by atoms with E-state index in [1.54, 1.807) is 12.4 Å². The van der Waals surface area contributed by atoms with Crippen molar-refractivity contribution in [1.82, 2.24) is 20.1 Å². The molecule has 6 heteroatoms. The van der Waals surface area contributed by atoms with Crippen molar-refractivity contribution in [3.05, 3.63) is 59.9 Å². The summed E-state index contributed by atoms with van der Waals surface area (Å²) in [5, 5.41) is 3.44. The quantitative estimate of drug-likeness (QED) is 0.823. The van der Waals surface area contributed by atoms with Crippen molar-refractivity contribution in [1.29, 1.82) is 0 Å². The molecule has 1 aromatic carbocycles. The number of piperazine rings is 1. The molecule has 0 amide bonds. The number of hydrogen-bond acceptors (Lipinski definition) is 5. The van der Waals surface area contributed by atoms with Crippen LogP contribution in [0.25, 0.3) is 0 Å². The monoisotopic (exact) mass is 388 g/mol. The van der Waals surface area contributed by atoms with Crippen LogP contribution in [-0.4, -0.2) is 60.1 Å². The topological polar surface area (TPSA) is 40.6 Å². The molecular formula is C21H29ClN4O. The fourth-order valence-corrected chi connectivity index (χ4v) is 3.90. The molecule has 2 saturated heterocycles. The van der Waals surface area contributed by atoms with Crippen LogP contribution in [0.1, 0.15) is 17.5 Å². The summed E-state index contributed by atoms with van der Waals surface area (Å²) in [6.07, 6.45) is 4.89. The third-order valence-electron chi connectivity index (χ3n) is 5.40. The number of nitrogens with one attached hydrogen (secondary N) is 1. The van der Waals surface area contributed by atoms with E-state index in [0.717, 1.165) is 37.0 Å². The van der Waals surface area contributed by atoms with Crippen molar-refractivity contribution >= 4 is 12.4 Å². The van der Waals surface area contributed by atoms with Gasteiger partial charge in [-0.2, -0.15) is 0 Å². The van der Waals surface area contributed by atoms with E-state index in [4.69, 9.17) is 4.74 Å². The largest absolute Gasteiger partial charge is 0.489 e. The van der Waals surface area contributed by atoms with Gasteiger partial charge in [-0.05, 0) is 41.8 Å². The first kappa shape index (κ1) is 20.1. The molecule has 1 aromatic heterocycles. The average Bonchev–Trinajstić information content (AvgIpc) is 3.17. The Morgan fingerprint density at radius 3 is 2.44 bits per heavy atom. The Morgan fingerprint density at radius 2 is 1.70 bits per heavy atom. The van der Waals surface area contributed by atoms with Crippen molar-refractivity contribution in [3.8, 4) is 5.75 Å². The van der Waals surface area contributed by atoms with Gasteiger partial charge in [-0.1, -0.05) is 12.1 Å². The molecule has 2 aliphatic heterocycles. The molecule has 0 aliphatic carbocycles. The van der Waals surface area contributed by atoms with Crippen LogP contribution in [0.5, 0.6) is 5.75 Å². The molecule has 1 atom stereocenters. The number of rotatable bonds is 6. The molecule has 27 heavy (non-hydrogen) atoms. The van der Waals surface area contributed by atoms with Gasteiger partial charge in [-0.15, -0.1) is 12.4 Å². The molecule has 0 radical (unpaired) electrons. The SMILES string of the molecule is Cl.c1cc(COc2ccc(CN3CCC(N4CCNCC4)C3)cc2)ccn1. The number of pyridine rings is 1. The molecule has 2 aliphatic rings. The van der Waals surface area contributed by atoms with E-state index in [9.17, 15) is 0 Å². The highest BCUT2D eigenvalue weighted by Gasteiger charge is 2.28. The van der Waals surface area contributed by atoms with Crippen molar-refractivity contribution in [2.45, 2.75) is 25.6 Å². The Labute approximate surface area is 168 Å². The zero-order valence-electron chi connectivity index (χ0n) is 15.7. The number of ether oxygens (including phenoxy) is 1. The number of benzene rings is 1. The van der Waals surface area contributed by atoms with E-state index >= 15 is 0 Å². The third-order valence-corrected chi connectivity index (χ3v) is 5.40. The predicted molar refractivity (Wildman–Crippen MR) is 110 cm³/mol. The number of halogens is 1. The maximum atomic E-state index is 5.86. The summed E-state index contributed by atoms with van der Waals surface area (Å²) in [4.78, 5) is 9.27. The molecule has 1 N–H and O–H groups in total. The molecule has 2 aromatic rings. The first-order chi connectivity index (χ1) is 12.9. The van der Waals surface area contributed by atoms with Gasteiger partial charge in [0, 0.05) is 64.2 Å². The van der Waals surface area contributed by atoms with Gasteiger partial charge in [0.2, 0.25) is 0 Å². The first-order valence-corrected chi connectivity index (χ1v) is 9.64. The lowest BCUT2D eigenvalue weighted by Gasteiger charge is -2.32. The van der Waals surface area contributed by atoms with E-state index in [2.05, 4.69) is 44.4 Å². The van der Waals surface area contributed by atoms with Crippen LogP contribution in [0.4, 0.5) is 0 Å². The summed E-state index contributed by atoms with van der Waals surface area (Å²) in [6, 6.07) is 13.3. The lowest BCUT2D eigenvalue weighted by atomic mass is 10.2. The van der Waals surface area contributed by atoms with Gasteiger partial charge in [0.15, 0.2) is 0 Å². The first-order valence-electron chi connectivity index (χ1n) is 9.64. The van der Waals surface area contributed by atoms with Crippen molar-refractivity contribution in [2.75, 3.05) is 39.3 Å². The second-order valence-electron chi connectivity index (χ2n) is 7.25. The van der Waals surface area contributed by atoms with Crippen LogP contribution >= 0.6 is 12.4 Å². The zero-order chi connectivity index (χ0) is 17.6. The highest BCUT2D eigenvalue weighted by molar-refractivity contribution is 5.85. The van der Waals surface area contributed by atoms with E-state index in [1.165, 1.54) is 38.2 Å². The molecule has 0 spiro atoms. The van der Waals surface area contributed by atoms with Gasteiger partial charge in [0.25, 0.3) is 0 Å². The van der Waals surface area contributed by atoms with Gasteiger partial charge in [-0.25, -0.2) is 0 Å². The normalized spacial score (nSPS) is 21.0. The second-order valence-corrected chi connectivity index (χ2v) is 7.25. The van der Waals surface area contributed by atoms with Crippen LogP contribution in [0.3, 0.4) is 0 Å². The van der Waals surface area contributed by atoms with E-state index in [0.29, 0.717) is 6.61 Å². The van der Waals surface area contributed by atoms with Gasteiger partial charge < -0.3 is 10.1 Å². The van der Waals surface area contributed by atoms with Crippen LogP contribution in [0.2, 0.25) is 0 Å². The Kier molecular flexibility index (Phi) is 7.47. The van der Waals surface area contributed by atoms with Crippen LogP contribution < -0.4 is 10.1 Å². The van der Waals surface area contributed by atoms with E-state index in [1.807, 2.05) is 12.1 Å². The second kappa shape index (κ2) is 10.0. The number of hydrogen-bond donors (Lipinski definition) is 1. The molecule has 5 nitrogen and oxygen atoms in total. The predicted octanol–water partition coefficient (Wildman–Crippen LogP) is 2.56. The molecule has 3 heterocycles. The van der Waals surface area contributed by atoms with E-state index in [-0.39, 0.29) is 12.4 Å². The Hall–Kier alpha value is -1.66. The molecule has 0 bridgehead atoms. The lowest BCUT2D eigenvalue weighted by Crippen LogP contribution is -2.49. The van der Waals surface area contributed by atoms with Crippen molar-refractivity contribution in [3.63, 3.8) is 0 Å². The highest BCUT2D eigenvalue weighted by atomic mass is 35.5. The van der Waals surface area contributed by atoms with Gasteiger partial charge in [0.05, 0.1) is 0 Å². The van der Waals surface area contributed by atoms with E-state index < -0.39 is 0 Å². The Morgan fingerprint density at radius 1 is 0.963 bits per heavy atom. The summed E-state index contributed by atoms with van der Waals surface area (Å²) in [7, 11) is 0. The molecule has 1 unspecified atom stereocenters. The molecule has 146 valence electrons. The van der Waals surface area contributed by atoms with Gasteiger partial charge >= 0.3 is 0 Å². The summed E-state index contributed by atoms with van der Waals surface area (Å²) < 4.78 is 5.86. The van der Waals surface area contributed by atoms with Crippen molar-refractivity contribution < 1.29 is 4.74 Å². The smallest absolute Gasteiger partial charge is 0.119 e. The summed E-state index contributed by atoms with van der Waals surface area (Å²) in [5.74, 6) is 0.922. The molecular weight excluding hydrogens is 360 g/mol. The maximum Gasteiger partial charge on any atom is 0.119 e. The van der Waals surface area contributed by atoms with Crippen LogP contribution in [0.15, 0.2) is 48.8 Å². The fraction of sp³-hybridized carbons (Fsp3) is 0.476. The number of aromatic nitrogens is 1. The van der Waals surface area contributed by atoms with Crippen LogP contribution in [-0.2, 0) is 13.2 Å². The third kappa shape index (κ3) is 5.66. The standard InChI is InChI=1S/C21H28N4O.ClH/c1-3-21(26-17-19-5-8-22-9-6-19)4-2-18(1)15-24-12-7-20(16-24)25-13-10-23-11-14-25;/h1-6,8-9,20,23H,7,10-17H2;1H. The van der Waals surface area contributed by atoms with Gasteiger partial charge in [-0.3, -0.25) is 14.8 Å². The summed E-state index contributed by atoms with van der Waals surface area (Å²) >= 11 is 0. The van der Waals surface area contributed by atoms with Crippen LogP contribution in [0, 0.1) is 0 Å². The fourth-order valence-electron chi connectivity index (χ4n) is 3.90. The molecule has 4 rings (SSSR count). The molecule has 2 fully saturated rings. The minimum absolute atomic E-state index is 0. The minimum atomic E-state index is 0. The number of nitrogens with zero attached hydrogens (tertiary/aromatic N) is 3. The maximum absolute atomic E-state index is 5.86. The highest BCUT2D eigenvalue weighted by Crippen LogP contribution is 2.20. The van der Waals surface area contributed by atoms with Gasteiger partial charge in [0.1, 0.15) is 12.4 Å². The summed E-state index contributed by atoms with van der Waals surface area (Å²) in [6.45, 7) is 8.68. The average molecular weight is 389 g/mol. The Bertz CT molecular complexity index is 676. The lowest BCUT2D eigenvalue weighted by molar-refractivity contribution is 0.170. The zero-order valence-corrected chi connectivity index (χ0v) is 16.5. The number of likely N-dealkylation sites (tertiary alicyclic amines) is 1. The molecule has 0 saturated carbocycles. The van der Waals surface area contributed by atoms with Crippen molar-refractivity contribution in [2.24, 2.45) is 0 Å². The summed E-state index contributed by atoms with van der Waals surface area (Å²) in [5.41, 5.74) is 2.50. The Balaban J connectivity index is 0.00000210. The minimum Gasteiger partial charge on any atom is -0.489 e.